The minimum absolute atomic E-state index is 0.165. The van der Waals surface area contributed by atoms with Crippen molar-refractivity contribution in [3.63, 3.8) is 0 Å². The fourth-order valence-electron chi connectivity index (χ4n) is 4.19. The first-order chi connectivity index (χ1) is 13.0. The van der Waals surface area contributed by atoms with Crippen molar-refractivity contribution in [1.82, 2.24) is 0 Å². The highest BCUT2D eigenvalue weighted by Crippen LogP contribution is 2.47. The third-order valence-electron chi connectivity index (χ3n) is 6.17. The molecule has 0 aliphatic heterocycles. The van der Waals surface area contributed by atoms with Gasteiger partial charge in [-0.15, -0.1) is 0 Å². The number of allylic oxidation sites excluding steroid dienone is 2. The van der Waals surface area contributed by atoms with Crippen molar-refractivity contribution in [1.29, 1.82) is 0 Å². The lowest BCUT2D eigenvalue weighted by molar-refractivity contribution is -0.131. The molecule has 146 valence electrons. The van der Waals surface area contributed by atoms with E-state index in [-0.39, 0.29) is 10.8 Å². The van der Waals surface area contributed by atoms with Gasteiger partial charge < -0.3 is 5.11 Å². The van der Waals surface area contributed by atoms with E-state index in [0.717, 1.165) is 17.2 Å². The molecule has 0 heterocycles. The minimum atomic E-state index is -0.965. The van der Waals surface area contributed by atoms with Gasteiger partial charge in [0.15, 0.2) is 0 Å². The molecule has 1 aliphatic carbocycles. The van der Waals surface area contributed by atoms with Crippen molar-refractivity contribution in [2.45, 2.75) is 58.3 Å². The maximum Gasteiger partial charge on any atom is 0.328 e. The summed E-state index contributed by atoms with van der Waals surface area (Å²) in [6.07, 6.45) is 5.07. The quantitative estimate of drug-likeness (QED) is 0.479. The number of hydrogen-bond donors (Lipinski definition) is 1. The lowest BCUT2D eigenvalue weighted by Gasteiger charge is -2.42. The van der Waals surface area contributed by atoms with Crippen LogP contribution in [0.4, 0.5) is 0 Å². The summed E-state index contributed by atoms with van der Waals surface area (Å²) in [6.45, 7) is 15.6. The highest BCUT2D eigenvalue weighted by atomic mass is 16.4. The summed E-state index contributed by atoms with van der Waals surface area (Å²) in [5.41, 5.74) is 8.56. The third-order valence-corrected chi connectivity index (χ3v) is 6.17. The Hall–Kier alpha value is -2.61. The van der Waals surface area contributed by atoms with E-state index < -0.39 is 5.97 Å². The summed E-state index contributed by atoms with van der Waals surface area (Å²) >= 11 is 0. The van der Waals surface area contributed by atoms with Crippen LogP contribution >= 0.6 is 0 Å². The second-order valence-electron chi connectivity index (χ2n) is 9.26. The van der Waals surface area contributed by atoms with E-state index >= 15 is 0 Å². The molecular formula is C26H30O2. The minimum Gasteiger partial charge on any atom is -0.478 e. The molecule has 1 aliphatic rings. The van der Waals surface area contributed by atoms with Crippen LogP contribution in [0.2, 0.25) is 0 Å². The van der Waals surface area contributed by atoms with Crippen molar-refractivity contribution < 1.29 is 9.90 Å². The Kier molecular flexibility index (Phi) is 5.10. The van der Waals surface area contributed by atoms with Crippen LogP contribution in [0.5, 0.6) is 0 Å². The topological polar surface area (TPSA) is 37.3 Å². The normalized spacial score (nSPS) is 17.3. The molecule has 2 nitrogen and oxygen atoms in total. The summed E-state index contributed by atoms with van der Waals surface area (Å²) < 4.78 is 0. The molecule has 3 rings (SSSR count). The Morgan fingerprint density at radius 1 is 1.00 bits per heavy atom. The van der Waals surface area contributed by atoms with Crippen LogP contribution in [0.1, 0.15) is 62.8 Å². The highest BCUT2D eigenvalue weighted by molar-refractivity contribution is 5.86. The van der Waals surface area contributed by atoms with Crippen LogP contribution in [0.25, 0.3) is 16.7 Å². The first-order valence-corrected chi connectivity index (χ1v) is 9.88. The van der Waals surface area contributed by atoms with Gasteiger partial charge in [0.25, 0.3) is 0 Å². The average Bonchev–Trinajstić information content (AvgIpc) is 2.63. The third kappa shape index (κ3) is 3.82. The van der Waals surface area contributed by atoms with Crippen LogP contribution in [0, 0.1) is 6.92 Å². The number of rotatable bonds is 4. The predicted molar refractivity (Wildman–Crippen MR) is 118 cm³/mol. The van der Waals surface area contributed by atoms with Crippen molar-refractivity contribution in [3.8, 4) is 11.1 Å². The largest absolute Gasteiger partial charge is 0.478 e. The average molecular weight is 375 g/mol. The molecule has 2 heteroatoms. The lowest BCUT2D eigenvalue weighted by atomic mass is 9.62. The first kappa shape index (κ1) is 20.1. The zero-order valence-electron chi connectivity index (χ0n) is 17.6. The fourth-order valence-corrected chi connectivity index (χ4v) is 4.19. The van der Waals surface area contributed by atoms with Crippen LogP contribution in [0.15, 0.2) is 55.1 Å². The Labute approximate surface area is 168 Å². The standard InChI is InChI=1S/C26H30O2/c1-17(10-11-24(27)28)19-8-7-9-20(15-19)21-16-23-22(14-18(21)2)25(3,4)12-13-26(23,5)6/h7-11,14-16H,1,12-13H2,2-6H3,(H,27,28). The van der Waals surface area contributed by atoms with Gasteiger partial charge in [0.05, 0.1) is 0 Å². The Morgan fingerprint density at radius 2 is 1.61 bits per heavy atom. The predicted octanol–water partition coefficient (Wildman–Crippen LogP) is 6.67. The van der Waals surface area contributed by atoms with Crippen molar-refractivity contribution in [2.24, 2.45) is 0 Å². The van der Waals surface area contributed by atoms with E-state index in [1.807, 2.05) is 12.1 Å². The molecule has 0 saturated heterocycles. The van der Waals surface area contributed by atoms with Gasteiger partial charge >= 0.3 is 5.97 Å². The molecule has 2 aromatic carbocycles. The molecule has 1 N–H and O–H groups in total. The van der Waals surface area contributed by atoms with Gasteiger partial charge in [-0.25, -0.2) is 4.79 Å². The molecule has 28 heavy (non-hydrogen) atoms. The summed E-state index contributed by atoms with van der Waals surface area (Å²) in [5, 5.41) is 8.85. The molecule has 0 amide bonds. The smallest absolute Gasteiger partial charge is 0.328 e. The first-order valence-electron chi connectivity index (χ1n) is 9.88. The molecule has 2 aromatic rings. The van der Waals surface area contributed by atoms with Gasteiger partial charge in [-0.1, -0.05) is 64.6 Å². The number of benzene rings is 2. The Balaban J connectivity index is 2.10. The molecule has 0 unspecified atom stereocenters. The van der Waals surface area contributed by atoms with Gasteiger partial charge in [-0.05, 0) is 81.7 Å². The number of aliphatic carboxylic acids is 1. The Bertz CT molecular complexity index is 974. The van der Waals surface area contributed by atoms with Gasteiger partial charge in [0.1, 0.15) is 0 Å². The molecule has 0 aromatic heterocycles. The van der Waals surface area contributed by atoms with E-state index in [1.54, 1.807) is 6.08 Å². The second kappa shape index (κ2) is 7.09. The van der Waals surface area contributed by atoms with Crippen LogP contribution in [0.3, 0.4) is 0 Å². The van der Waals surface area contributed by atoms with Crippen molar-refractivity contribution in [3.05, 3.63) is 77.4 Å². The number of hydrogen-bond acceptors (Lipinski definition) is 1. The molecule has 0 atom stereocenters. The zero-order chi connectivity index (χ0) is 20.7. The van der Waals surface area contributed by atoms with Crippen molar-refractivity contribution >= 4 is 11.5 Å². The summed E-state index contributed by atoms with van der Waals surface area (Å²) in [5.74, 6) is -0.965. The van der Waals surface area contributed by atoms with E-state index in [2.05, 4.69) is 65.5 Å². The molecule has 0 saturated carbocycles. The van der Waals surface area contributed by atoms with Crippen LogP contribution < -0.4 is 0 Å². The van der Waals surface area contributed by atoms with E-state index in [4.69, 9.17) is 5.11 Å². The van der Waals surface area contributed by atoms with Crippen molar-refractivity contribution in [2.75, 3.05) is 0 Å². The van der Waals surface area contributed by atoms with E-state index in [0.29, 0.717) is 5.57 Å². The second-order valence-corrected chi connectivity index (χ2v) is 9.26. The van der Waals surface area contributed by atoms with Gasteiger partial charge in [0, 0.05) is 6.08 Å². The number of carboxylic acids is 1. The summed E-state index contributed by atoms with van der Waals surface area (Å²) in [4.78, 5) is 10.8. The fraction of sp³-hybridized carbons (Fsp3) is 0.346. The number of fused-ring (bicyclic) bond motifs is 1. The molecule has 0 bridgehead atoms. The lowest BCUT2D eigenvalue weighted by Crippen LogP contribution is -2.34. The van der Waals surface area contributed by atoms with E-state index in [1.165, 1.54) is 35.1 Å². The van der Waals surface area contributed by atoms with Crippen LogP contribution in [-0.2, 0) is 15.6 Å². The van der Waals surface area contributed by atoms with Crippen LogP contribution in [-0.4, -0.2) is 11.1 Å². The SMILES string of the molecule is C=C(C=CC(=O)O)c1cccc(-c2cc3c(cc2C)C(C)(C)CCC3(C)C)c1. The highest BCUT2D eigenvalue weighted by Gasteiger charge is 2.37. The molecule has 0 radical (unpaired) electrons. The Morgan fingerprint density at radius 3 is 2.21 bits per heavy atom. The maximum absolute atomic E-state index is 10.8. The van der Waals surface area contributed by atoms with Gasteiger partial charge in [-0.3, -0.25) is 0 Å². The molecular weight excluding hydrogens is 344 g/mol. The number of carboxylic acid groups (broad SMARTS) is 1. The number of aryl methyl sites for hydroxylation is 1. The van der Waals surface area contributed by atoms with Gasteiger partial charge in [-0.2, -0.15) is 0 Å². The number of carbonyl (C=O) groups is 1. The van der Waals surface area contributed by atoms with E-state index in [9.17, 15) is 4.79 Å². The summed E-state index contributed by atoms with van der Waals surface area (Å²) in [7, 11) is 0. The molecule has 0 fully saturated rings. The van der Waals surface area contributed by atoms with Gasteiger partial charge in [0.2, 0.25) is 0 Å². The maximum atomic E-state index is 10.8. The summed E-state index contributed by atoms with van der Waals surface area (Å²) in [6, 6.07) is 13.0. The monoisotopic (exact) mass is 374 g/mol. The molecule has 0 spiro atoms. The zero-order valence-corrected chi connectivity index (χ0v) is 17.6.